The molecule has 0 bridgehead atoms. The zero-order chi connectivity index (χ0) is 14.7. The summed E-state index contributed by atoms with van der Waals surface area (Å²) in [5.41, 5.74) is 1.95. The number of amides is 2. The van der Waals surface area contributed by atoms with Crippen LogP contribution in [0.15, 0.2) is 18.2 Å². The van der Waals surface area contributed by atoms with E-state index in [-0.39, 0.29) is 24.3 Å². The highest BCUT2D eigenvalue weighted by Crippen LogP contribution is 2.26. The summed E-state index contributed by atoms with van der Waals surface area (Å²) in [7, 11) is 3.46. The normalized spacial score (nSPS) is 18.8. The van der Waals surface area contributed by atoms with Gasteiger partial charge < -0.3 is 10.1 Å². The lowest BCUT2D eigenvalue weighted by atomic mass is 10.1. The molecule has 1 atom stereocenters. The molecule has 0 aromatic heterocycles. The highest BCUT2D eigenvalue weighted by atomic mass is 16.5. The van der Waals surface area contributed by atoms with Crippen molar-refractivity contribution in [3.63, 3.8) is 0 Å². The first-order valence-electron chi connectivity index (χ1n) is 6.71. The van der Waals surface area contributed by atoms with Crippen LogP contribution in [0.25, 0.3) is 0 Å². The zero-order valence-electron chi connectivity index (χ0n) is 12.1. The smallest absolute Gasteiger partial charge is 0.232 e. The van der Waals surface area contributed by atoms with Gasteiger partial charge in [-0.25, -0.2) is 0 Å². The second kappa shape index (κ2) is 6.05. The summed E-state index contributed by atoms with van der Waals surface area (Å²) >= 11 is 0. The Kier molecular flexibility index (Phi) is 4.39. The predicted octanol–water partition coefficient (Wildman–Crippen LogP) is 1.31. The molecule has 1 unspecified atom stereocenters. The SMILES string of the molecule is CNCc1ccc(OC)c(CN2C(=O)CC(C)C2=O)c1. The van der Waals surface area contributed by atoms with E-state index in [4.69, 9.17) is 4.74 Å². The average molecular weight is 276 g/mol. The number of hydrogen-bond donors (Lipinski definition) is 1. The van der Waals surface area contributed by atoms with Crippen LogP contribution in [-0.4, -0.2) is 30.9 Å². The van der Waals surface area contributed by atoms with Crippen LogP contribution in [0, 0.1) is 5.92 Å². The topological polar surface area (TPSA) is 58.6 Å². The molecule has 1 aliphatic heterocycles. The molecule has 1 aromatic carbocycles. The molecule has 2 rings (SSSR count). The number of likely N-dealkylation sites (tertiary alicyclic amines) is 1. The number of carbonyl (C=O) groups excluding carboxylic acids is 2. The van der Waals surface area contributed by atoms with E-state index in [1.807, 2.05) is 25.2 Å². The number of ether oxygens (including phenoxy) is 1. The molecule has 1 aliphatic rings. The number of imide groups is 1. The Balaban J connectivity index is 2.25. The van der Waals surface area contributed by atoms with Crippen molar-refractivity contribution in [3.8, 4) is 5.75 Å². The first kappa shape index (κ1) is 14.5. The van der Waals surface area contributed by atoms with Gasteiger partial charge in [-0.1, -0.05) is 13.0 Å². The number of rotatable bonds is 5. The molecule has 1 N–H and O–H groups in total. The van der Waals surface area contributed by atoms with E-state index in [0.717, 1.165) is 17.7 Å². The van der Waals surface area contributed by atoms with Gasteiger partial charge in [-0.05, 0) is 24.7 Å². The molecular formula is C15H20N2O3. The number of nitrogens with zero attached hydrogens (tertiary/aromatic N) is 1. The molecule has 0 radical (unpaired) electrons. The van der Waals surface area contributed by atoms with Gasteiger partial charge in [0.15, 0.2) is 0 Å². The van der Waals surface area contributed by atoms with Crippen LogP contribution in [0.2, 0.25) is 0 Å². The van der Waals surface area contributed by atoms with Crippen molar-refractivity contribution < 1.29 is 14.3 Å². The van der Waals surface area contributed by atoms with Crippen molar-refractivity contribution >= 4 is 11.8 Å². The third-order valence-electron chi connectivity index (χ3n) is 3.52. The Hall–Kier alpha value is -1.88. The molecule has 1 aromatic rings. The third kappa shape index (κ3) is 2.82. The quantitative estimate of drug-likeness (QED) is 0.824. The van der Waals surface area contributed by atoms with Crippen molar-refractivity contribution in [2.45, 2.75) is 26.4 Å². The summed E-state index contributed by atoms with van der Waals surface area (Å²) in [5.74, 6) is 0.277. The van der Waals surface area contributed by atoms with Crippen molar-refractivity contribution in [1.82, 2.24) is 10.2 Å². The number of benzene rings is 1. The van der Waals surface area contributed by atoms with E-state index in [2.05, 4.69) is 5.32 Å². The van der Waals surface area contributed by atoms with E-state index >= 15 is 0 Å². The largest absolute Gasteiger partial charge is 0.496 e. The maximum absolute atomic E-state index is 12.0. The molecule has 0 saturated carbocycles. The summed E-state index contributed by atoms with van der Waals surface area (Å²) in [6.07, 6.45) is 0.303. The molecule has 1 fully saturated rings. The fourth-order valence-electron chi connectivity index (χ4n) is 2.45. The minimum Gasteiger partial charge on any atom is -0.496 e. The van der Waals surface area contributed by atoms with E-state index in [9.17, 15) is 9.59 Å². The first-order chi connectivity index (χ1) is 9.56. The Bertz CT molecular complexity index is 528. The highest BCUT2D eigenvalue weighted by Gasteiger charge is 2.35. The summed E-state index contributed by atoms with van der Waals surface area (Å²) in [6.45, 7) is 2.80. The van der Waals surface area contributed by atoms with Gasteiger partial charge >= 0.3 is 0 Å². The first-order valence-corrected chi connectivity index (χ1v) is 6.71. The minimum absolute atomic E-state index is 0.101. The molecule has 1 heterocycles. The standard InChI is InChI=1S/C15H20N2O3/c1-10-6-14(18)17(15(10)19)9-12-7-11(8-16-2)4-5-13(12)20-3/h4-5,7,10,16H,6,8-9H2,1-3H3. The van der Waals surface area contributed by atoms with Gasteiger partial charge in [0, 0.05) is 24.4 Å². The van der Waals surface area contributed by atoms with Gasteiger partial charge in [0.05, 0.1) is 13.7 Å². The monoisotopic (exact) mass is 276 g/mol. The van der Waals surface area contributed by atoms with E-state index in [0.29, 0.717) is 12.2 Å². The van der Waals surface area contributed by atoms with Crippen LogP contribution < -0.4 is 10.1 Å². The van der Waals surface area contributed by atoms with E-state index < -0.39 is 0 Å². The Morgan fingerprint density at radius 1 is 1.40 bits per heavy atom. The van der Waals surface area contributed by atoms with Crippen molar-refractivity contribution in [2.75, 3.05) is 14.2 Å². The Labute approximate surface area is 118 Å². The second-order valence-corrected chi connectivity index (χ2v) is 5.10. The van der Waals surface area contributed by atoms with Gasteiger partial charge in [-0.3, -0.25) is 14.5 Å². The lowest BCUT2D eigenvalue weighted by Crippen LogP contribution is -2.30. The fourth-order valence-corrected chi connectivity index (χ4v) is 2.45. The third-order valence-corrected chi connectivity index (χ3v) is 3.52. The van der Waals surface area contributed by atoms with Gasteiger partial charge in [-0.2, -0.15) is 0 Å². The van der Waals surface area contributed by atoms with Gasteiger partial charge in [-0.15, -0.1) is 0 Å². The summed E-state index contributed by atoms with van der Waals surface area (Å²) in [5, 5.41) is 3.08. The van der Waals surface area contributed by atoms with Crippen molar-refractivity contribution in [2.24, 2.45) is 5.92 Å². The van der Waals surface area contributed by atoms with E-state index in [1.165, 1.54) is 4.90 Å². The van der Waals surface area contributed by atoms with Crippen LogP contribution in [0.5, 0.6) is 5.75 Å². The molecular weight excluding hydrogens is 256 g/mol. The average Bonchev–Trinajstić information content (AvgIpc) is 2.66. The van der Waals surface area contributed by atoms with Crippen LogP contribution in [0.1, 0.15) is 24.5 Å². The molecule has 2 amide bonds. The maximum Gasteiger partial charge on any atom is 0.232 e. The van der Waals surface area contributed by atoms with Gasteiger partial charge in [0.1, 0.15) is 5.75 Å². The van der Waals surface area contributed by atoms with Crippen molar-refractivity contribution in [3.05, 3.63) is 29.3 Å². The van der Waals surface area contributed by atoms with Crippen LogP contribution >= 0.6 is 0 Å². The maximum atomic E-state index is 12.0. The molecule has 20 heavy (non-hydrogen) atoms. The Morgan fingerprint density at radius 2 is 2.15 bits per heavy atom. The van der Waals surface area contributed by atoms with Crippen LogP contribution in [0.4, 0.5) is 0 Å². The number of hydrogen-bond acceptors (Lipinski definition) is 4. The zero-order valence-corrected chi connectivity index (χ0v) is 12.1. The molecule has 5 heteroatoms. The van der Waals surface area contributed by atoms with Gasteiger partial charge in [0.2, 0.25) is 11.8 Å². The Morgan fingerprint density at radius 3 is 2.70 bits per heavy atom. The summed E-state index contributed by atoms with van der Waals surface area (Å²) in [4.78, 5) is 25.2. The van der Waals surface area contributed by atoms with E-state index in [1.54, 1.807) is 14.0 Å². The predicted molar refractivity (Wildman–Crippen MR) is 75.1 cm³/mol. The summed E-state index contributed by atoms with van der Waals surface area (Å²) in [6, 6.07) is 5.81. The number of carbonyl (C=O) groups is 2. The number of methoxy groups -OCH3 is 1. The lowest BCUT2D eigenvalue weighted by molar-refractivity contribution is -0.139. The van der Waals surface area contributed by atoms with Gasteiger partial charge in [0.25, 0.3) is 0 Å². The second-order valence-electron chi connectivity index (χ2n) is 5.10. The molecule has 0 spiro atoms. The summed E-state index contributed by atoms with van der Waals surface area (Å²) < 4.78 is 5.32. The number of nitrogens with one attached hydrogen (secondary N) is 1. The molecule has 108 valence electrons. The minimum atomic E-state index is -0.214. The van der Waals surface area contributed by atoms with Crippen LogP contribution in [-0.2, 0) is 22.7 Å². The molecule has 5 nitrogen and oxygen atoms in total. The molecule has 1 saturated heterocycles. The fraction of sp³-hybridized carbons (Fsp3) is 0.467. The lowest BCUT2D eigenvalue weighted by Gasteiger charge is -2.17. The van der Waals surface area contributed by atoms with Crippen molar-refractivity contribution in [1.29, 1.82) is 0 Å². The molecule has 0 aliphatic carbocycles. The highest BCUT2D eigenvalue weighted by molar-refractivity contribution is 6.03. The van der Waals surface area contributed by atoms with Crippen LogP contribution in [0.3, 0.4) is 0 Å².